The fourth-order valence-corrected chi connectivity index (χ4v) is 3.44. The van der Waals surface area contributed by atoms with E-state index in [9.17, 15) is 5.11 Å². The van der Waals surface area contributed by atoms with Gasteiger partial charge in [0.15, 0.2) is 0 Å². The molecule has 4 rings (SSSR count). The van der Waals surface area contributed by atoms with Crippen LogP contribution in [0.15, 0.2) is 67.0 Å². The van der Waals surface area contributed by atoms with Crippen LogP contribution < -0.4 is 5.32 Å². The van der Waals surface area contributed by atoms with Crippen molar-refractivity contribution in [1.82, 2.24) is 15.1 Å². The molecule has 1 aliphatic carbocycles. The second-order valence-electron chi connectivity index (χ2n) is 6.42. The van der Waals surface area contributed by atoms with Crippen molar-refractivity contribution in [2.24, 2.45) is 0 Å². The van der Waals surface area contributed by atoms with Crippen LogP contribution in [0.2, 0.25) is 0 Å². The second-order valence-corrected chi connectivity index (χ2v) is 6.42. The first-order valence-electron chi connectivity index (χ1n) is 8.35. The summed E-state index contributed by atoms with van der Waals surface area (Å²) in [5, 5.41) is 18.7. The Morgan fingerprint density at radius 1 is 1.08 bits per heavy atom. The molecule has 0 radical (unpaired) electrons. The van der Waals surface area contributed by atoms with Crippen LogP contribution in [0.1, 0.15) is 23.1 Å². The van der Waals surface area contributed by atoms with Crippen molar-refractivity contribution in [3.63, 3.8) is 0 Å². The Kier molecular flexibility index (Phi) is 3.92. The van der Waals surface area contributed by atoms with E-state index in [-0.39, 0.29) is 0 Å². The molecule has 0 spiro atoms. The molecule has 1 unspecified atom stereocenters. The Labute approximate surface area is 141 Å². The van der Waals surface area contributed by atoms with Crippen molar-refractivity contribution in [1.29, 1.82) is 0 Å². The number of aryl methyl sites for hydroxylation is 1. The number of para-hydroxylation sites is 1. The Morgan fingerprint density at radius 3 is 2.75 bits per heavy atom. The number of hydrogen-bond acceptors (Lipinski definition) is 3. The molecule has 24 heavy (non-hydrogen) atoms. The maximum Gasteiger partial charge on any atom is 0.103 e. The van der Waals surface area contributed by atoms with Gasteiger partial charge >= 0.3 is 0 Å². The topological polar surface area (TPSA) is 50.1 Å². The highest BCUT2D eigenvalue weighted by Gasteiger charge is 2.35. The van der Waals surface area contributed by atoms with Crippen molar-refractivity contribution < 1.29 is 5.11 Å². The lowest BCUT2D eigenvalue weighted by atomic mass is 9.96. The van der Waals surface area contributed by atoms with Crippen LogP contribution in [0.3, 0.4) is 0 Å². The molecule has 1 atom stereocenters. The van der Waals surface area contributed by atoms with Crippen LogP contribution >= 0.6 is 0 Å². The van der Waals surface area contributed by atoms with Crippen LogP contribution in [-0.2, 0) is 18.6 Å². The summed E-state index contributed by atoms with van der Waals surface area (Å²) in [6.45, 7) is 1.25. The first-order valence-corrected chi connectivity index (χ1v) is 8.35. The summed E-state index contributed by atoms with van der Waals surface area (Å²) < 4.78 is 1.87. The third kappa shape index (κ3) is 2.86. The zero-order valence-corrected chi connectivity index (χ0v) is 13.5. The van der Waals surface area contributed by atoms with E-state index in [0.717, 1.165) is 29.7 Å². The normalized spacial score (nSPS) is 19.4. The summed E-state index contributed by atoms with van der Waals surface area (Å²) in [7, 11) is 0. The van der Waals surface area contributed by atoms with Crippen molar-refractivity contribution in [2.45, 2.75) is 25.0 Å². The zero-order valence-electron chi connectivity index (χ0n) is 13.5. The predicted octanol–water partition coefficient (Wildman–Crippen LogP) is 2.80. The number of nitrogens with one attached hydrogen (secondary N) is 1. The van der Waals surface area contributed by atoms with E-state index in [4.69, 9.17) is 0 Å². The fraction of sp³-hybridized carbons (Fsp3) is 0.250. The lowest BCUT2D eigenvalue weighted by Crippen LogP contribution is -2.35. The highest BCUT2D eigenvalue weighted by Crippen LogP contribution is 2.36. The lowest BCUT2D eigenvalue weighted by molar-refractivity contribution is 0.0384. The van der Waals surface area contributed by atoms with E-state index >= 15 is 0 Å². The molecule has 1 aliphatic rings. The van der Waals surface area contributed by atoms with E-state index in [2.05, 4.69) is 16.5 Å². The zero-order chi connectivity index (χ0) is 16.4. The molecule has 0 aliphatic heterocycles. The molecule has 1 aromatic heterocycles. The quantitative estimate of drug-likeness (QED) is 0.760. The van der Waals surface area contributed by atoms with Crippen molar-refractivity contribution >= 4 is 0 Å². The average Bonchev–Trinajstić information content (AvgIpc) is 3.22. The third-order valence-electron chi connectivity index (χ3n) is 4.73. The van der Waals surface area contributed by atoms with Gasteiger partial charge in [-0.1, -0.05) is 42.5 Å². The van der Waals surface area contributed by atoms with Gasteiger partial charge in [-0.15, -0.1) is 0 Å². The van der Waals surface area contributed by atoms with Crippen LogP contribution in [-0.4, -0.2) is 21.4 Å². The maximum atomic E-state index is 10.9. The van der Waals surface area contributed by atoms with Crippen LogP contribution in [0, 0.1) is 0 Å². The van der Waals surface area contributed by atoms with Gasteiger partial charge in [0.1, 0.15) is 5.60 Å². The Bertz CT molecular complexity index is 828. The Balaban J connectivity index is 1.39. The Hall–Kier alpha value is -2.43. The number of aliphatic hydroxyl groups is 1. The number of rotatable bonds is 5. The molecule has 0 saturated carbocycles. The minimum Gasteiger partial charge on any atom is -0.384 e. The molecule has 0 fully saturated rings. The van der Waals surface area contributed by atoms with E-state index in [1.54, 1.807) is 0 Å². The highest BCUT2D eigenvalue weighted by atomic mass is 16.3. The van der Waals surface area contributed by atoms with E-state index in [1.807, 2.05) is 65.6 Å². The van der Waals surface area contributed by atoms with Gasteiger partial charge in [-0.3, -0.25) is 0 Å². The van der Waals surface area contributed by atoms with Gasteiger partial charge < -0.3 is 10.4 Å². The number of hydrogen-bond donors (Lipinski definition) is 2. The third-order valence-corrected chi connectivity index (χ3v) is 4.73. The molecule has 0 bridgehead atoms. The Morgan fingerprint density at radius 2 is 1.88 bits per heavy atom. The van der Waals surface area contributed by atoms with Crippen molar-refractivity contribution in [3.05, 3.63) is 83.7 Å². The molecule has 122 valence electrons. The summed E-state index contributed by atoms with van der Waals surface area (Å²) >= 11 is 0. The van der Waals surface area contributed by atoms with E-state index < -0.39 is 5.60 Å². The number of aromatic nitrogens is 2. The van der Waals surface area contributed by atoms with Crippen LogP contribution in [0.4, 0.5) is 0 Å². The van der Waals surface area contributed by atoms with Gasteiger partial charge in [-0.25, -0.2) is 4.68 Å². The van der Waals surface area contributed by atoms with Crippen LogP contribution in [0.25, 0.3) is 5.69 Å². The van der Waals surface area contributed by atoms with Gasteiger partial charge in [0.05, 0.1) is 11.9 Å². The van der Waals surface area contributed by atoms with E-state index in [0.29, 0.717) is 13.1 Å². The predicted molar refractivity (Wildman–Crippen MR) is 93.9 cm³/mol. The molecular weight excluding hydrogens is 298 g/mol. The van der Waals surface area contributed by atoms with Crippen LogP contribution in [0.5, 0.6) is 0 Å². The van der Waals surface area contributed by atoms with Gasteiger partial charge in [0, 0.05) is 24.8 Å². The number of nitrogens with zero attached hydrogens (tertiary/aromatic N) is 2. The van der Waals surface area contributed by atoms with Gasteiger partial charge in [-0.05, 0) is 36.1 Å². The summed E-state index contributed by atoms with van der Waals surface area (Å²) in [6.07, 6.45) is 5.62. The minimum absolute atomic E-state index is 0.556. The SMILES string of the molecule is OC1(CNCc2cnn(-c3ccccc3)c2)CCc2ccccc21. The molecule has 1 heterocycles. The summed E-state index contributed by atoms with van der Waals surface area (Å²) in [5.74, 6) is 0. The monoisotopic (exact) mass is 319 g/mol. The van der Waals surface area contributed by atoms with E-state index in [1.165, 1.54) is 5.56 Å². The summed E-state index contributed by atoms with van der Waals surface area (Å²) in [5.41, 5.74) is 3.73. The maximum absolute atomic E-state index is 10.9. The number of fused-ring (bicyclic) bond motifs is 1. The lowest BCUT2D eigenvalue weighted by Gasteiger charge is -2.24. The molecular formula is C20H21N3O. The second kappa shape index (κ2) is 6.23. The average molecular weight is 319 g/mol. The fourth-order valence-electron chi connectivity index (χ4n) is 3.44. The van der Waals surface area contributed by atoms with Gasteiger partial charge in [-0.2, -0.15) is 5.10 Å². The molecule has 0 amide bonds. The highest BCUT2D eigenvalue weighted by molar-refractivity contribution is 5.37. The van der Waals surface area contributed by atoms with Gasteiger partial charge in [0.2, 0.25) is 0 Å². The molecule has 0 saturated heterocycles. The minimum atomic E-state index is -0.758. The summed E-state index contributed by atoms with van der Waals surface area (Å²) in [4.78, 5) is 0. The first-order chi connectivity index (χ1) is 11.7. The molecule has 4 heteroatoms. The molecule has 2 aromatic carbocycles. The summed E-state index contributed by atoms with van der Waals surface area (Å²) in [6, 6.07) is 18.2. The standard InChI is InChI=1S/C20H21N3O/c24-20(11-10-17-6-4-5-9-19(17)20)15-21-12-16-13-22-23(14-16)18-7-2-1-3-8-18/h1-9,13-14,21,24H,10-12,15H2. The first kappa shape index (κ1) is 15.1. The molecule has 3 aromatic rings. The molecule has 2 N–H and O–H groups in total. The van der Waals surface area contributed by atoms with Crippen molar-refractivity contribution in [2.75, 3.05) is 6.54 Å². The molecule has 4 nitrogen and oxygen atoms in total. The number of benzene rings is 2. The van der Waals surface area contributed by atoms with Gasteiger partial charge in [0.25, 0.3) is 0 Å². The smallest absolute Gasteiger partial charge is 0.103 e. The largest absolute Gasteiger partial charge is 0.384 e. The van der Waals surface area contributed by atoms with Crippen molar-refractivity contribution in [3.8, 4) is 5.69 Å².